The van der Waals surface area contributed by atoms with Gasteiger partial charge in [-0.25, -0.2) is 0 Å². The number of benzene rings is 1. The van der Waals surface area contributed by atoms with E-state index in [9.17, 15) is 4.79 Å². The number of hydrogen-bond donors (Lipinski definition) is 2. The Morgan fingerprint density at radius 3 is 2.58 bits per heavy atom. The Hall–Kier alpha value is -1.75. The van der Waals surface area contributed by atoms with Crippen LogP contribution in [0.5, 0.6) is 0 Å². The molecular weight excluding hydrogens is 260 g/mol. The van der Waals surface area contributed by atoms with Crippen LogP contribution in [0.4, 0.5) is 0 Å². The fourth-order valence-corrected chi connectivity index (χ4v) is 1.95. The monoisotopic (exact) mass is 276 g/mol. The quantitative estimate of drug-likeness (QED) is 0.843. The summed E-state index contributed by atoms with van der Waals surface area (Å²) in [6, 6.07) is 7.55. The molecule has 100 valence electrons. The van der Waals surface area contributed by atoms with Crippen LogP contribution in [0, 0.1) is 13.8 Å². The van der Waals surface area contributed by atoms with Crippen molar-refractivity contribution < 1.29 is 9.32 Å². The zero-order chi connectivity index (χ0) is 13.8. The van der Waals surface area contributed by atoms with Gasteiger partial charge in [0.2, 0.25) is 5.91 Å². The van der Waals surface area contributed by atoms with Crippen molar-refractivity contribution >= 4 is 18.5 Å². The molecule has 4 nitrogen and oxygen atoms in total. The molecule has 19 heavy (non-hydrogen) atoms. The Morgan fingerprint density at radius 2 is 2.00 bits per heavy atom. The molecule has 0 saturated carbocycles. The van der Waals surface area contributed by atoms with Gasteiger partial charge in [-0.05, 0) is 31.5 Å². The number of thiol groups is 1. The molecule has 0 spiro atoms. The number of nitrogens with one attached hydrogen (secondary N) is 1. The van der Waals surface area contributed by atoms with Crippen LogP contribution in [-0.2, 0) is 17.8 Å². The van der Waals surface area contributed by atoms with Crippen molar-refractivity contribution in [2.45, 2.75) is 31.7 Å². The smallest absolute Gasteiger partial charge is 0.224 e. The summed E-state index contributed by atoms with van der Waals surface area (Å²) in [4.78, 5) is 12.7. The lowest BCUT2D eigenvalue weighted by Crippen LogP contribution is -2.25. The molecule has 5 heteroatoms. The van der Waals surface area contributed by atoms with Crippen molar-refractivity contribution in [2.75, 3.05) is 0 Å². The topological polar surface area (TPSA) is 55.1 Å². The number of nitrogens with zero attached hydrogens (tertiary/aromatic N) is 1. The lowest BCUT2D eigenvalue weighted by molar-refractivity contribution is -0.120. The third-order valence-electron chi connectivity index (χ3n) is 2.94. The molecule has 2 rings (SSSR count). The van der Waals surface area contributed by atoms with Gasteiger partial charge in [0.1, 0.15) is 5.76 Å². The van der Waals surface area contributed by atoms with Crippen LogP contribution >= 0.6 is 12.6 Å². The van der Waals surface area contributed by atoms with E-state index < -0.39 is 0 Å². The van der Waals surface area contributed by atoms with Crippen LogP contribution < -0.4 is 5.32 Å². The van der Waals surface area contributed by atoms with Crippen LogP contribution in [0.15, 0.2) is 33.7 Å². The van der Waals surface area contributed by atoms with E-state index in [-0.39, 0.29) is 5.91 Å². The van der Waals surface area contributed by atoms with Crippen molar-refractivity contribution in [1.82, 2.24) is 10.5 Å². The van der Waals surface area contributed by atoms with E-state index in [4.69, 9.17) is 4.52 Å². The Kier molecular flexibility index (Phi) is 4.27. The van der Waals surface area contributed by atoms with Crippen molar-refractivity contribution in [3.8, 4) is 0 Å². The highest BCUT2D eigenvalue weighted by Crippen LogP contribution is 2.12. The molecule has 1 N–H and O–H groups in total. The van der Waals surface area contributed by atoms with E-state index in [2.05, 4.69) is 23.1 Å². The molecule has 0 fully saturated rings. The van der Waals surface area contributed by atoms with Gasteiger partial charge in [0.05, 0.1) is 12.1 Å². The summed E-state index contributed by atoms with van der Waals surface area (Å²) < 4.78 is 5.05. The predicted octanol–water partition coefficient (Wildman–Crippen LogP) is 2.44. The van der Waals surface area contributed by atoms with Crippen LogP contribution in [0.2, 0.25) is 0 Å². The number of amides is 1. The van der Waals surface area contributed by atoms with Crippen LogP contribution in [0.25, 0.3) is 0 Å². The average Bonchev–Trinajstić information content (AvgIpc) is 2.70. The number of carbonyl (C=O) groups is 1. The summed E-state index contributed by atoms with van der Waals surface area (Å²) in [6.07, 6.45) is 0.359. The average molecular weight is 276 g/mol. The van der Waals surface area contributed by atoms with Gasteiger partial charge in [-0.15, -0.1) is 12.6 Å². The first kappa shape index (κ1) is 13.7. The third-order valence-corrected chi connectivity index (χ3v) is 3.24. The number of aromatic nitrogens is 1. The molecule has 0 radical (unpaired) electrons. The van der Waals surface area contributed by atoms with E-state index in [1.807, 2.05) is 38.1 Å². The maximum Gasteiger partial charge on any atom is 0.224 e. The largest absolute Gasteiger partial charge is 0.361 e. The van der Waals surface area contributed by atoms with Crippen LogP contribution in [0.1, 0.15) is 22.6 Å². The first-order valence-electron chi connectivity index (χ1n) is 6.02. The number of rotatable bonds is 4. The molecule has 0 atom stereocenters. The van der Waals surface area contributed by atoms with Crippen molar-refractivity contribution in [3.05, 3.63) is 46.8 Å². The fraction of sp³-hybridized carbons (Fsp3) is 0.286. The Labute approximate surface area is 117 Å². The Bertz CT molecular complexity index is 556. The molecule has 0 unspecified atom stereocenters. The zero-order valence-corrected chi connectivity index (χ0v) is 11.8. The highest BCUT2D eigenvalue weighted by Gasteiger charge is 2.10. The summed E-state index contributed by atoms with van der Waals surface area (Å²) in [6.45, 7) is 4.15. The summed E-state index contributed by atoms with van der Waals surface area (Å²) in [7, 11) is 0. The molecule has 0 aliphatic rings. The van der Waals surface area contributed by atoms with Gasteiger partial charge in [-0.1, -0.05) is 17.3 Å². The van der Waals surface area contributed by atoms with Gasteiger partial charge in [-0.2, -0.15) is 0 Å². The maximum atomic E-state index is 11.8. The van der Waals surface area contributed by atoms with Crippen molar-refractivity contribution in [1.29, 1.82) is 0 Å². The predicted molar refractivity (Wildman–Crippen MR) is 75.2 cm³/mol. The van der Waals surface area contributed by atoms with E-state index >= 15 is 0 Å². The summed E-state index contributed by atoms with van der Waals surface area (Å²) in [5.74, 6) is 0.726. The van der Waals surface area contributed by atoms with Crippen LogP contribution in [-0.4, -0.2) is 11.1 Å². The highest BCUT2D eigenvalue weighted by molar-refractivity contribution is 7.80. The Morgan fingerprint density at radius 1 is 1.32 bits per heavy atom. The van der Waals surface area contributed by atoms with Crippen LogP contribution in [0.3, 0.4) is 0 Å². The summed E-state index contributed by atoms with van der Waals surface area (Å²) in [5, 5.41) is 6.72. The molecular formula is C14H16N2O2S. The highest BCUT2D eigenvalue weighted by atomic mass is 32.1. The maximum absolute atomic E-state index is 11.8. The van der Waals surface area contributed by atoms with Crippen molar-refractivity contribution in [2.24, 2.45) is 0 Å². The second kappa shape index (κ2) is 5.93. The molecule has 0 aliphatic carbocycles. The standard InChI is InChI=1S/C14H16N2O2S/c1-9-13(10(2)18-16-9)8-15-14(17)7-11-3-5-12(19)6-4-11/h3-6,19H,7-8H2,1-2H3,(H,15,17). The lowest BCUT2D eigenvalue weighted by Gasteiger charge is -2.05. The molecule has 1 aromatic carbocycles. The normalized spacial score (nSPS) is 10.5. The minimum absolute atomic E-state index is 0.0214. The zero-order valence-electron chi connectivity index (χ0n) is 10.9. The molecule has 2 aromatic rings. The first-order valence-corrected chi connectivity index (χ1v) is 6.47. The van der Waals surface area contributed by atoms with E-state index in [0.717, 1.165) is 27.5 Å². The molecule has 1 heterocycles. The van der Waals surface area contributed by atoms with Gasteiger partial charge in [-0.3, -0.25) is 4.79 Å². The molecule has 0 saturated heterocycles. The van der Waals surface area contributed by atoms with Gasteiger partial charge >= 0.3 is 0 Å². The second-order valence-corrected chi connectivity index (χ2v) is 4.94. The summed E-state index contributed by atoms with van der Waals surface area (Å²) >= 11 is 4.21. The number of hydrogen-bond acceptors (Lipinski definition) is 4. The van der Waals surface area contributed by atoms with E-state index in [0.29, 0.717) is 13.0 Å². The van der Waals surface area contributed by atoms with Gasteiger partial charge in [0.25, 0.3) is 0 Å². The number of carbonyl (C=O) groups excluding carboxylic acids is 1. The van der Waals surface area contributed by atoms with Gasteiger partial charge in [0, 0.05) is 17.0 Å². The Balaban J connectivity index is 1.90. The van der Waals surface area contributed by atoms with E-state index in [1.165, 1.54) is 0 Å². The summed E-state index contributed by atoms with van der Waals surface area (Å²) in [5.41, 5.74) is 2.73. The minimum Gasteiger partial charge on any atom is -0.361 e. The SMILES string of the molecule is Cc1noc(C)c1CNC(=O)Cc1ccc(S)cc1. The molecule has 1 amide bonds. The molecule has 1 aromatic heterocycles. The van der Waals surface area contributed by atoms with Gasteiger partial charge < -0.3 is 9.84 Å². The lowest BCUT2D eigenvalue weighted by atomic mass is 10.1. The van der Waals surface area contributed by atoms with Crippen molar-refractivity contribution in [3.63, 3.8) is 0 Å². The molecule has 0 aliphatic heterocycles. The number of aryl methyl sites for hydroxylation is 2. The minimum atomic E-state index is -0.0214. The fourth-order valence-electron chi connectivity index (χ4n) is 1.80. The third kappa shape index (κ3) is 3.61. The van der Waals surface area contributed by atoms with Gasteiger partial charge in [0.15, 0.2) is 0 Å². The molecule has 0 bridgehead atoms. The first-order chi connectivity index (χ1) is 9.06. The second-order valence-electron chi connectivity index (χ2n) is 4.42. The van der Waals surface area contributed by atoms with E-state index in [1.54, 1.807) is 0 Å².